The van der Waals surface area contributed by atoms with Crippen LogP contribution in [0.25, 0.3) is 0 Å². The van der Waals surface area contributed by atoms with E-state index < -0.39 is 0 Å². The third kappa shape index (κ3) is 3.76. The summed E-state index contributed by atoms with van der Waals surface area (Å²) in [5.74, 6) is 0.957. The summed E-state index contributed by atoms with van der Waals surface area (Å²) in [5.41, 5.74) is 5.65. The van der Waals surface area contributed by atoms with E-state index in [0.717, 1.165) is 45.1 Å². The third-order valence-corrected chi connectivity index (χ3v) is 4.97. The van der Waals surface area contributed by atoms with Gasteiger partial charge >= 0.3 is 0 Å². The van der Waals surface area contributed by atoms with Crippen LogP contribution in [0.2, 0.25) is 0 Å². The molecule has 1 heterocycles. The highest BCUT2D eigenvalue weighted by Gasteiger charge is 2.38. The van der Waals surface area contributed by atoms with E-state index in [1.54, 1.807) is 19.0 Å². The monoisotopic (exact) mass is 295 g/mol. The SMILES string of the molecule is CN(C)C(=O)C1CCCN1C(=O)C1CCCC(CCN)C1. The first-order valence-corrected chi connectivity index (χ1v) is 8.26. The number of amides is 2. The van der Waals surface area contributed by atoms with Crippen LogP contribution in [-0.4, -0.2) is 54.8 Å². The van der Waals surface area contributed by atoms with Gasteiger partial charge in [0.2, 0.25) is 11.8 Å². The van der Waals surface area contributed by atoms with Gasteiger partial charge in [0.15, 0.2) is 0 Å². The predicted molar refractivity (Wildman–Crippen MR) is 82.5 cm³/mol. The van der Waals surface area contributed by atoms with Crippen molar-refractivity contribution in [2.75, 3.05) is 27.2 Å². The lowest BCUT2D eigenvalue weighted by molar-refractivity contribution is -0.145. The van der Waals surface area contributed by atoms with Crippen LogP contribution < -0.4 is 5.73 Å². The van der Waals surface area contributed by atoms with Crippen molar-refractivity contribution in [1.29, 1.82) is 0 Å². The molecule has 2 amide bonds. The van der Waals surface area contributed by atoms with E-state index >= 15 is 0 Å². The van der Waals surface area contributed by atoms with Crippen molar-refractivity contribution < 1.29 is 9.59 Å². The van der Waals surface area contributed by atoms with E-state index in [1.165, 1.54) is 6.42 Å². The standard InChI is InChI=1S/C16H29N3O2/c1-18(2)16(21)14-7-4-10-19(14)15(20)13-6-3-5-12(11-13)8-9-17/h12-14H,3-11,17H2,1-2H3. The second-order valence-corrected chi connectivity index (χ2v) is 6.73. The second-order valence-electron chi connectivity index (χ2n) is 6.73. The Bertz CT molecular complexity index is 382. The van der Waals surface area contributed by atoms with Gasteiger partial charge in [0.1, 0.15) is 6.04 Å². The lowest BCUT2D eigenvalue weighted by Crippen LogP contribution is -2.48. The molecule has 2 rings (SSSR count). The first-order chi connectivity index (χ1) is 10.0. The molecule has 1 saturated heterocycles. The molecule has 21 heavy (non-hydrogen) atoms. The van der Waals surface area contributed by atoms with Gasteiger partial charge in [-0.25, -0.2) is 0 Å². The number of hydrogen-bond donors (Lipinski definition) is 1. The molecule has 0 aromatic heterocycles. The Morgan fingerprint density at radius 2 is 1.95 bits per heavy atom. The van der Waals surface area contributed by atoms with Gasteiger partial charge in [-0.05, 0) is 44.6 Å². The maximum atomic E-state index is 12.8. The molecule has 0 aromatic carbocycles. The summed E-state index contributed by atoms with van der Waals surface area (Å²) in [4.78, 5) is 28.5. The highest BCUT2D eigenvalue weighted by atomic mass is 16.2. The highest BCUT2D eigenvalue weighted by Crippen LogP contribution is 2.33. The molecule has 2 N–H and O–H groups in total. The van der Waals surface area contributed by atoms with Crippen molar-refractivity contribution in [3.63, 3.8) is 0 Å². The number of likely N-dealkylation sites (N-methyl/N-ethyl adjacent to an activating group) is 1. The van der Waals surface area contributed by atoms with Crippen LogP contribution in [-0.2, 0) is 9.59 Å². The van der Waals surface area contributed by atoms with Crippen molar-refractivity contribution in [3.05, 3.63) is 0 Å². The number of carbonyl (C=O) groups is 2. The Hall–Kier alpha value is -1.10. The van der Waals surface area contributed by atoms with Crippen LogP contribution in [0.4, 0.5) is 0 Å². The average Bonchev–Trinajstić information content (AvgIpc) is 2.95. The van der Waals surface area contributed by atoms with Crippen molar-refractivity contribution in [2.45, 2.75) is 51.0 Å². The van der Waals surface area contributed by atoms with E-state index in [4.69, 9.17) is 5.73 Å². The van der Waals surface area contributed by atoms with Gasteiger partial charge in [-0.3, -0.25) is 9.59 Å². The number of nitrogens with zero attached hydrogens (tertiary/aromatic N) is 2. The smallest absolute Gasteiger partial charge is 0.244 e. The summed E-state index contributed by atoms with van der Waals surface area (Å²) in [6.07, 6.45) is 7.00. The van der Waals surface area contributed by atoms with E-state index in [-0.39, 0.29) is 23.8 Å². The Balaban J connectivity index is 1.99. The van der Waals surface area contributed by atoms with Crippen LogP contribution in [0.3, 0.4) is 0 Å². The largest absolute Gasteiger partial charge is 0.347 e. The van der Waals surface area contributed by atoms with Crippen LogP contribution >= 0.6 is 0 Å². The third-order valence-electron chi connectivity index (χ3n) is 4.97. The molecule has 1 aliphatic heterocycles. The van der Waals surface area contributed by atoms with Crippen LogP contribution in [0.5, 0.6) is 0 Å². The van der Waals surface area contributed by atoms with Gasteiger partial charge in [0.05, 0.1) is 0 Å². The summed E-state index contributed by atoms with van der Waals surface area (Å²) >= 11 is 0. The van der Waals surface area contributed by atoms with Gasteiger partial charge in [-0.15, -0.1) is 0 Å². The quantitative estimate of drug-likeness (QED) is 0.848. The number of likely N-dealkylation sites (tertiary alicyclic amines) is 1. The minimum Gasteiger partial charge on any atom is -0.347 e. The summed E-state index contributed by atoms with van der Waals surface area (Å²) < 4.78 is 0. The average molecular weight is 295 g/mol. The van der Waals surface area contributed by atoms with Gasteiger partial charge in [-0.2, -0.15) is 0 Å². The summed E-state index contributed by atoms with van der Waals surface area (Å²) in [6.45, 7) is 1.44. The van der Waals surface area contributed by atoms with Gasteiger partial charge in [0.25, 0.3) is 0 Å². The Labute approximate surface area is 127 Å². The molecule has 0 bridgehead atoms. The van der Waals surface area contributed by atoms with Crippen molar-refractivity contribution in [1.82, 2.24) is 9.80 Å². The minimum absolute atomic E-state index is 0.0650. The van der Waals surface area contributed by atoms with Gasteiger partial charge in [0, 0.05) is 26.6 Å². The minimum atomic E-state index is -0.234. The molecule has 1 aliphatic carbocycles. The molecular weight excluding hydrogens is 266 g/mol. The highest BCUT2D eigenvalue weighted by molar-refractivity contribution is 5.89. The molecule has 0 spiro atoms. The molecule has 0 radical (unpaired) electrons. The first kappa shape index (κ1) is 16.3. The molecule has 3 unspecified atom stereocenters. The normalized spacial score (nSPS) is 29.5. The van der Waals surface area contributed by atoms with Gasteiger partial charge < -0.3 is 15.5 Å². The lowest BCUT2D eigenvalue weighted by Gasteiger charge is -2.33. The van der Waals surface area contributed by atoms with Crippen LogP contribution in [0.15, 0.2) is 0 Å². The first-order valence-electron chi connectivity index (χ1n) is 8.26. The van der Waals surface area contributed by atoms with Crippen molar-refractivity contribution in [3.8, 4) is 0 Å². The Morgan fingerprint density at radius 3 is 2.62 bits per heavy atom. The molecule has 2 fully saturated rings. The second kappa shape index (κ2) is 7.25. The predicted octanol–water partition coefficient (Wildman–Crippen LogP) is 1.22. The summed E-state index contributed by atoms with van der Waals surface area (Å²) in [5, 5.41) is 0. The summed E-state index contributed by atoms with van der Waals surface area (Å²) in [7, 11) is 3.53. The van der Waals surface area contributed by atoms with E-state index in [1.807, 2.05) is 4.90 Å². The fourth-order valence-electron chi connectivity index (χ4n) is 3.83. The Kier molecular flexibility index (Phi) is 5.62. The van der Waals surface area contributed by atoms with E-state index in [2.05, 4.69) is 0 Å². The number of rotatable bonds is 4. The zero-order chi connectivity index (χ0) is 15.4. The topological polar surface area (TPSA) is 66.6 Å². The zero-order valence-electron chi connectivity index (χ0n) is 13.4. The maximum absolute atomic E-state index is 12.8. The molecular formula is C16H29N3O2. The molecule has 5 nitrogen and oxygen atoms in total. The molecule has 5 heteroatoms. The van der Waals surface area contributed by atoms with Crippen molar-refractivity contribution in [2.24, 2.45) is 17.6 Å². The molecule has 120 valence electrons. The number of hydrogen-bond acceptors (Lipinski definition) is 3. The lowest BCUT2D eigenvalue weighted by atomic mass is 9.79. The molecule has 2 aliphatic rings. The molecule has 3 atom stereocenters. The fourth-order valence-corrected chi connectivity index (χ4v) is 3.83. The van der Waals surface area contributed by atoms with E-state index in [0.29, 0.717) is 12.5 Å². The fraction of sp³-hybridized carbons (Fsp3) is 0.875. The molecule has 1 saturated carbocycles. The Morgan fingerprint density at radius 1 is 1.19 bits per heavy atom. The summed E-state index contributed by atoms with van der Waals surface area (Å²) in [6, 6.07) is -0.234. The van der Waals surface area contributed by atoms with E-state index in [9.17, 15) is 9.59 Å². The van der Waals surface area contributed by atoms with Gasteiger partial charge in [-0.1, -0.05) is 12.8 Å². The molecule has 0 aromatic rings. The van der Waals surface area contributed by atoms with Crippen LogP contribution in [0, 0.1) is 11.8 Å². The number of carbonyl (C=O) groups excluding carboxylic acids is 2. The van der Waals surface area contributed by atoms with Crippen molar-refractivity contribution >= 4 is 11.8 Å². The maximum Gasteiger partial charge on any atom is 0.244 e. The van der Waals surface area contributed by atoms with Crippen LogP contribution in [0.1, 0.15) is 44.9 Å². The number of nitrogens with two attached hydrogens (primary N) is 1. The zero-order valence-corrected chi connectivity index (χ0v) is 13.4.